The van der Waals surface area contributed by atoms with E-state index in [1.165, 1.54) is 25.7 Å². The molecule has 128 valence electrons. The molecule has 0 amide bonds. The number of benzene rings is 2. The van der Waals surface area contributed by atoms with Crippen LogP contribution in [0.3, 0.4) is 0 Å². The first-order valence-electron chi connectivity index (χ1n) is 8.47. The van der Waals surface area contributed by atoms with Gasteiger partial charge in [0.25, 0.3) is 0 Å². The number of aromatic nitrogens is 2. The summed E-state index contributed by atoms with van der Waals surface area (Å²) in [5.74, 6) is 0. The molecule has 1 fully saturated rings. The highest BCUT2D eigenvalue weighted by molar-refractivity contribution is 9.10. The van der Waals surface area contributed by atoms with E-state index in [0.29, 0.717) is 5.25 Å². The van der Waals surface area contributed by atoms with Crippen molar-refractivity contribution in [1.29, 1.82) is 0 Å². The number of thioether (sulfide) groups is 1. The highest BCUT2D eigenvalue weighted by Crippen LogP contribution is 2.37. The summed E-state index contributed by atoms with van der Waals surface area (Å²) in [6, 6.07) is 16.4. The number of nitrogens with zero attached hydrogens (tertiary/aromatic N) is 2. The number of hydrogen-bond acceptors (Lipinski definition) is 2. The maximum atomic E-state index is 6.26. The van der Waals surface area contributed by atoms with Crippen LogP contribution < -0.4 is 0 Å². The quantitative estimate of drug-likeness (QED) is 0.441. The molecule has 1 heterocycles. The number of rotatable bonds is 4. The lowest BCUT2D eigenvalue weighted by atomic mass is 10.1. The van der Waals surface area contributed by atoms with Crippen molar-refractivity contribution in [3.05, 3.63) is 64.2 Å². The Morgan fingerprint density at radius 2 is 1.84 bits per heavy atom. The van der Waals surface area contributed by atoms with Gasteiger partial charge in [-0.05, 0) is 43.2 Å². The van der Waals surface area contributed by atoms with Crippen LogP contribution in [-0.2, 0) is 0 Å². The fourth-order valence-electron chi connectivity index (χ4n) is 3.26. The zero-order valence-corrected chi connectivity index (χ0v) is 16.8. The van der Waals surface area contributed by atoms with Crippen molar-refractivity contribution in [1.82, 2.24) is 9.55 Å². The monoisotopic (exact) mass is 432 g/mol. The SMILES string of the molecule is Clc1cccc(-n2c(-c3ccc(Br)cc3)cnc2SC2CCCC2)c1. The van der Waals surface area contributed by atoms with Crippen molar-refractivity contribution in [2.75, 3.05) is 0 Å². The smallest absolute Gasteiger partial charge is 0.173 e. The van der Waals surface area contributed by atoms with Crippen LogP contribution in [0.2, 0.25) is 5.02 Å². The van der Waals surface area contributed by atoms with Crippen molar-refractivity contribution in [3.63, 3.8) is 0 Å². The highest BCUT2D eigenvalue weighted by atomic mass is 79.9. The number of imidazole rings is 1. The molecule has 1 aromatic heterocycles. The summed E-state index contributed by atoms with van der Waals surface area (Å²) in [4.78, 5) is 4.76. The lowest BCUT2D eigenvalue weighted by Gasteiger charge is -2.14. The molecule has 1 saturated carbocycles. The van der Waals surface area contributed by atoms with Crippen LogP contribution in [0.1, 0.15) is 25.7 Å². The van der Waals surface area contributed by atoms with Gasteiger partial charge in [0.15, 0.2) is 5.16 Å². The molecule has 0 saturated heterocycles. The van der Waals surface area contributed by atoms with E-state index >= 15 is 0 Å². The van der Waals surface area contributed by atoms with Gasteiger partial charge in [0.2, 0.25) is 0 Å². The van der Waals surface area contributed by atoms with Gasteiger partial charge in [-0.15, -0.1) is 0 Å². The van der Waals surface area contributed by atoms with Crippen LogP contribution in [0.5, 0.6) is 0 Å². The van der Waals surface area contributed by atoms with Gasteiger partial charge in [-0.3, -0.25) is 4.57 Å². The van der Waals surface area contributed by atoms with E-state index in [1.54, 1.807) is 0 Å². The molecule has 2 nitrogen and oxygen atoms in total. The van der Waals surface area contributed by atoms with Crippen LogP contribution in [0.4, 0.5) is 0 Å². The molecule has 0 N–H and O–H groups in total. The van der Waals surface area contributed by atoms with E-state index in [0.717, 1.165) is 31.6 Å². The molecular weight excluding hydrogens is 416 g/mol. The van der Waals surface area contributed by atoms with Crippen molar-refractivity contribution in [2.45, 2.75) is 36.1 Å². The van der Waals surface area contributed by atoms with Gasteiger partial charge in [-0.1, -0.05) is 70.3 Å². The zero-order valence-electron chi connectivity index (χ0n) is 13.7. The van der Waals surface area contributed by atoms with Crippen LogP contribution >= 0.6 is 39.3 Å². The molecule has 25 heavy (non-hydrogen) atoms. The van der Waals surface area contributed by atoms with Crippen molar-refractivity contribution < 1.29 is 0 Å². The third-order valence-electron chi connectivity index (χ3n) is 4.51. The molecular formula is C20H18BrClN2S. The fraction of sp³-hybridized carbons (Fsp3) is 0.250. The minimum Gasteiger partial charge on any atom is -0.287 e. The summed E-state index contributed by atoms with van der Waals surface area (Å²) in [6.45, 7) is 0. The molecule has 0 bridgehead atoms. The fourth-order valence-corrected chi connectivity index (χ4v) is 5.00. The minimum atomic E-state index is 0.665. The molecule has 5 heteroatoms. The summed E-state index contributed by atoms with van der Waals surface area (Å²) < 4.78 is 3.31. The van der Waals surface area contributed by atoms with E-state index in [4.69, 9.17) is 16.6 Å². The Morgan fingerprint density at radius 3 is 2.56 bits per heavy atom. The Kier molecular flexibility index (Phi) is 5.20. The predicted molar refractivity (Wildman–Crippen MR) is 110 cm³/mol. The summed E-state index contributed by atoms with van der Waals surface area (Å²) >= 11 is 11.7. The second-order valence-electron chi connectivity index (χ2n) is 6.27. The molecule has 0 atom stereocenters. The predicted octanol–water partition coefficient (Wildman–Crippen LogP) is 6.99. The number of halogens is 2. The largest absolute Gasteiger partial charge is 0.287 e. The Labute approximate surface area is 165 Å². The van der Waals surface area contributed by atoms with Gasteiger partial charge >= 0.3 is 0 Å². The van der Waals surface area contributed by atoms with Crippen molar-refractivity contribution in [2.24, 2.45) is 0 Å². The first kappa shape index (κ1) is 17.2. The van der Waals surface area contributed by atoms with E-state index in [9.17, 15) is 0 Å². The maximum Gasteiger partial charge on any atom is 0.173 e. The van der Waals surface area contributed by atoms with Gasteiger partial charge < -0.3 is 0 Å². The van der Waals surface area contributed by atoms with Crippen molar-refractivity contribution in [3.8, 4) is 16.9 Å². The van der Waals surface area contributed by atoms with Gasteiger partial charge in [-0.2, -0.15) is 0 Å². The molecule has 3 aromatic rings. The minimum absolute atomic E-state index is 0.665. The van der Waals surface area contributed by atoms with Crippen LogP contribution in [-0.4, -0.2) is 14.8 Å². The topological polar surface area (TPSA) is 17.8 Å². The molecule has 4 rings (SSSR count). The van der Waals surface area contributed by atoms with E-state index in [1.807, 2.05) is 36.2 Å². The van der Waals surface area contributed by atoms with Gasteiger partial charge in [0.1, 0.15) is 0 Å². The lowest BCUT2D eigenvalue weighted by molar-refractivity contribution is 0.861. The summed E-state index contributed by atoms with van der Waals surface area (Å²) in [5, 5.41) is 2.45. The summed E-state index contributed by atoms with van der Waals surface area (Å²) in [7, 11) is 0. The molecule has 1 aliphatic carbocycles. The highest BCUT2D eigenvalue weighted by Gasteiger charge is 2.21. The zero-order chi connectivity index (χ0) is 17.2. The van der Waals surface area contributed by atoms with E-state index in [-0.39, 0.29) is 0 Å². The first-order chi connectivity index (χ1) is 12.2. The number of hydrogen-bond donors (Lipinski definition) is 0. The first-order valence-corrected chi connectivity index (χ1v) is 10.5. The summed E-state index contributed by atoms with van der Waals surface area (Å²) in [5.41, 5.74) is 3.30. The Morgan fingerprint density at radius 1 is 1.08 bits per heavy atom. The van der Waals surface area contributed by atoms with Crippen LogP contribution in [0.15, 0.2) is 64.4 Å². The molecule has 0 aliphatic heterocycles. The maximum absolute atomic E-state index is 6.26. The van der Waals surface area contributed by atoms with Gasteiger partial charge in [-0.25, -0.2) is 4.98 Å². The van der Waals surface area contributed by atoms with Gasteiger partial charge in [0, 0.05) is 26.0 Å². The molecule has 2 aromatic carbocycles. The molecule has 0 unspecified atom stereocenters. The average molecular weight is 434 g/mol. The average Bonchev–Trinajstić information content (AvgIpc) is 3.26. The van der Waals surface area contributed by atoms with Gasteiger partial charge in [0.05, 0.1) is 11.9 Å². The Balaban J connectivity index is 1.80. The standard InChI is InChI=1S/C20H18BrClN2S/c21-15-10-8-14(9-11-15)19-13-23-20(25-18-6-1-2-7-18)24(19)17-5-3-4-16(22)12-17/h3-5,8-13,18H,1-2,6-7H2. The lowest BCUT2D eigenvalue weighted by Crippen LogP contribution is -2.02. The second kappa shape index (κ2) is 7.56. The third-order valence-corrected chi connectivity index (χ3v) is 6.58. The van der Waals surface area contributed by atoms with Crippen LogP contribution in [0.25, 0.3) is 16.9 Å². The normalized spacial score (nSPS) is 15.0. The molecule has 1 aliphatic rings. The molecule has 0 spiro atoms. The second-order valence-corrected chi connectivity index (χ2v) is 8.89. The molecule has 0 radical (unpaired) electrons. The van der Waals surface area contributed by atoms with Crippen LogP contribution in [0, 0.1) is 0 Å². The summed E-state index contributed by atoms with van der Waals surface area (Å²) in [6.07, 6.45) is 7.19. The Hall–Kier alpha value is -1.23. The Bertz CT molecular complexity index is 870. The van der Waals surface area contributed by atoms with Crippen molar-refractivity contribution >= 4 is 39.3 Å². The van der Waals surface area contributed by atoms with E-state index in [2.05, 4.69) is 50.8 Å². The van der Waals surface area contributed by atoms with E-state index < -0.39 is 0 Å². The third kappa shape index (κ3) is 3.81.